The predicted octanol–water partition coefficient (Wildman–Crippen LogP) is 3.15. The average molecular weight is 343 g/mol. The highest BCUT2D eigenvalue weighted by molar-refractivity contribution is 5.94. The Morgan fingerprint density at radius 1 is 1.32 bits per heavy atom. The maximum atomic E-state index is 12.3. The topological polar surface area (TPSA) is 84.2 Å². The number of pyridine rings is 1. The number of nitrogens with zero attached hydrogens (tertiary/aromatic N) is 4. The lowest BCUT2D eigenvalue weighted by atomic mass is 10.1. The highest BCUT2D eigenvalue weighted by Crippen LogP contribution is 2.27. The molecule has 1 amide bonds. The van der Waals surface area contributed by atoms with Gasteiger partial charge in [0.05, 0.1) is 17.6 Å². The first-order valence-electron chi connectivity index (χ1n) is 8.95. The van der Waals surface area contributed by atoms with Gasteiger partial charge in [0.25, 0.3) is 0 Å². The first-order valence-corrected chi connectivity index (χ1v) is 8.95. The Morgan fingerprint density at radius 2 is 2.12 bits per heavy atom. The molecule has 0 radical (unpaired) electrons. The molecule has 0 atom stereocenters. The molecule has 0 bridgehead atoms. The van der Waals surface area contributed by atoms with Gasteiger partial charge in [-0.2, -0.15) is 4.98 Å². The molecule has 25 heavy (non-hydrogen) atoms. The number of aromatic nitrogens is 3. The minimum absolute atomic E-state index is 0.0736. The molecule has 7 nitrogen and oxygen atoms in total. The fourth-order valence-electron chi connectivity index (χ4n) is 2.93. The van der Waals surface area contributed by atoms with Crippen LogP contribution in [0.15, 0.2) is 23.0 Å². The molecule has 0 spiro atoms. The van der Waals surface area contributed by atoms with Crippen molar-refractivity contribution in [2.24, 2.45) is 0 Å². The predicted molar refractivity (Wildman–Crippen MR) is 95.6 cm³/mol. The van der Waals surface area contributed by atoms with Gasteiger partial charge in [0, 0.05) is 38.0 Å². The van der Waals surface area contributed by atoms with Gasteiger partial charge >= 0.3 is 0 Å². The summed E-state index contributed by atoms with van der Waals surface area (Å²) in [5.74, 6) is 1.32. The monoisotopic (exact) mass is 343 g/mol. The second kappa shape index (κ2) is 8.09. The molecule has 3 heterocycles. The Balaban J connectivity index is 1.59. The van der Waals surface area contributed by atoms with Crippen molar-refractivity contribution in [1.82, 2.24) is 15.1 Å². The van der Waals surface area contributed by atoms with Gasteiger partial charge in [-0.25, -0.2) is 0 Å². The molecule has 2 aromatic rings. The highest BCUT2D eigenvalue weighted by Gasteiger charge is 2.16. The third-order valence-corrected chi connectivity index (χ3v) is 4.34. The fraction of sp³-hybridized carbons (Fsp3) is 0.556. The van der Waals surface area contributed by atoms with Gasteiger partial charge in [-0.3, -0.25) is 9.78 Å². The molecule has 134 valence electrons. The maximum Gasteiger partial charge on any atom is 0.227 e. The zero-order valence-electron chi connectivity index (χ0n) is 14.9. The van der Waals surface area contributed by atoms with E-state index in [0.717, 1.165) is 24.5 Å². The Morgan fingerprint density at radius 3 is 2.84 bits per heavy atom. The summed E-state index contributed by atoms with van der Waals surface area (Å²) in [5, 5.41) is 6.89. The van der Waals surface area contributed by atoms with Crippen LogP contribution in [0.25, 0.3) is 0 Å². The number of carbonyl (C=O) groups excluding carboxylic acids is 1. The van der Waals surface area contributed by atoms with Crippen molar-refractivity contribution in [3.63, 3.8) is 0 Å². The zero-order chi connectivity index (χ0) is 17.6. The summed E-state index contributed by atoms with van der Waals surface area (Å²) >= 11 is 0. The molecule has 3 rings (SSSR count). The standard InChI is InChI=1S/C18H25N5O2/c1-13(2)18-21-17(25-22-18)7-6-16(24)20-14-12-19-9-8-15(14)23-10-4-3-5-11-23/h8-9,12-13H,3-7,10-11H2,1-2H3,(H,20,24). The van der Waals surface area contributed by atoms with Gasteiger partial charge < -0.3 is 14.7 Å². The minimum atomic E-state index is -0.0736. The van der Waals surface area contributed by atoms with Crippen LogP contribution in [0.5, 0.6) is 0 Å². The van der Waals surface area contributed by atoms with Crippen molar-refractivity contribution in [1.29, 1.82) is 0 Å². The largest absolute Gasteiger partial charge is 0.370 e. The molecule has 1 aliphatic heterocycles. The van der Waals surface area contributed by atoms with Crippen molar-refractivity contribution in [2.45, 2.75) is 51.9 Å². The number of hydrogen-bond acceptors (Lipinski definition) is 6. The zero-order valence-corrected chi connectivity index (χ0v) is 14.9. The van der Waals surface area contributed by atoms with E-state index in [-0.39, 0.29) is 11.8 Å². The Bertz CT molecular complexity index is 707. The lowest BCUT2D eigenvalue weighted by Crippen LogP contribution is -2.30. The van der Waals surface area contributed by atoms with Gasteiger partial charge in [0.15, 0.2) is 5.82 Å². The number of carbonyl (C=O) groups is 1. The third-order valence-electron chi connectivity index (χ3n) is 4.34. The molecule has 1 aliphatic rings. The van der Waals surface area contributed by atoms with E-state index in [1.165, 1.54) is 19.3 Å². The Labute approximate surface area is 147 Å². The smallest absolute Gasteiger partial charge is 0.227 e. The van der Waals surface area contributed by atoms with Gasteiger partial charge in [-0.05, 0) is 25.3 Å². The molecule has 0 saturated carbocycles. The van der Waals surface area contributed by atoms with Gasteiger partial charge in [0.2, 0.25) is 11.8 Å². The van der Waals surface area contributed by atoms with Crippen LogP contribution in [0.4, 0.5) is 11.4 Å². The van der Waals surface area contributed by atoms with E-state index in [1.807, 2.05) is 19.9 Å². The number of rotatable bonds is 6. The summed E-state index contributed by atoms with van der Waals surface area (Å²) in [6, 6.07) is 1.97. The van der Waals surface area contributed by atoms with Gasteiger partial charge in [-0.15, -0.1) is 0 Å². The van der Waals surface area contributed by atoms with E-state index in [0.29, 0.717) is 24.6 Å². The van der Waals surface area contributed by atoms with Gasteiger partial charge in [0.1, 0.15) is 0 Å². The SMILES string of the molecule is CC(C)c1noc(CCC(=O)Nc2cnccc2N2CCCCC2)n1. The second-order valence-electron chi connectivity index (χ2n) is 6.69. The Kier molecular flexibility index (Phi) is 5.63. The number of nitrogens with one attached hydrogen (secondary N) is 1. The highest BCUT2D eigenvalue weighted by atomic mass is 16.5. The normalized spacial score (nSPS) is 14.8. The van der Waals surface area contributed by atoms with Gasteiger partial charge in [-0.1, -0.05) is 19.0 Å². The summed E-state index contributed by atoms with van der Waals surface area (Å²) in [4.78, 5) is 23.1. The molecule has 1 N–H and O–H groups in total. The van der Waals surface area contributed by atoms with Crippen molar-refractivity contribution < 1.29 is 9.32 Å². The van der Waals surface area contributed by atoms with Crippen LogP contribution in [0.3, 0.4) is 0 Å². The van der Waals surface area contributed by atoms with E-state index < -0.39 is 0 Å². The van der Waals surface area contributed by atoms with Crippen LogP contribution < -0.4 is 10.2 Å². The molecule has 0 unspecified atom stereocenters. The van der Waals surface area contributed by atoms with E-state index >= 15 is 0 Å². The van der Waals surface area contributed by atoms with E-state index in [9.17, 15) is 4.79 Å². The lowest BCUT2D eigenvalue weighted by molar-refractivity contribution is -0.116. The molecular weight excluding hydrogens is 318 g/mol. The Hall–Kier alpha value is -2.44. The summed E-state index contributed by atoms with van der Waals surface area (Å²) in [7, 11) is 0. The number of piperidine rings is 1. The average Bonchev–Trinajstić information content (AvgIpc) is 3.11. The summed E-state index contributed by atoms with van der Waals surface area (Å²) in [5.41, 5.74) is 1.81. The summed E-state index contributed by atoms with van der Waals surface area (Å²) < 4.78 is 5.18. The molecule has 0 aliphatic carbocycles. The maximum absolute atomic E-state index is 12.3. The van der Waals surface area contributed by atoms with Crippen LogP contribution in [0.2, 0.25) is 0 Å². The van der Waals surface area contributed by atoms with Crippen LogP contribution in [-0.4, -0.2) is 34.1 Å². The molecule has 7 heteroatoms. The molecule has 1 fully saturated rings. The van der Waals surface area contributed by atoms with Crippen LogP contribution in [0, 0.1) is 0 Å². The van der Waals surface area contributed by atoms with Crippen LogP contribution in [-0.2, 0) is 11.2 Å². The first-order chi connectivity index (χ1) is 12.1. The molecular formula is C18H25N5O2. The van der Waals surface area contributed by atoms with E-state index in [4.69, 9.17) is 4.52 Å². The second-order valence-corrected chi connectivity index (χ2v) is 6.69. The third kappa shape index (κ3) is 4.55. The number of anilines is 2. The molecule has 0 aromatic carbocycles. The molecule has 2 aromatic heterocycles. The minimum Gasteiger partial charge on any atom is -0.370 e. The van der Waals surface area contributed by atoms with E-state index in [2.05, 4.69) is 25.3 Å². The number of hydrogen-bond donors (Lipinski definition) is 1. The number of aryl methyl sites for hydroxylation is 1. The number of amides is 1. The van der Waals surface area contributed by atoms with Crippen molar-refractivity contribution >= 4 is 17.3 Å². The van der Waals surface area contributed by atoms with Crippen LogP contribution >= 0.6 is 0 Å². The quantitative estimate of drug-likeness (QED) is 0.867. The van der Waals surface area contributed by atoms with Crippen LogP contribution in [0.1, 0.15) is 57.2 Å². The first kappa shape index (κ1) is 17.4. The van der Waals surface area contributed by atoms with Crippen molar-refractivity contribution in [3.05, 3.63) is 30.2 Å². The van der Waals surface area contributed by atoms with Crippen molar-refractivity contribution in [2.75, 3.05) is 23.3 Å². The molecule has 1 saturated heterocycles. The summed E-state index contributed by atoms with van der Waals surface area (Å²) in [6.07, 6.45) is 7.86. The van der Waals surface area contributed by atoms with E-state index in [1.54, 1.807) is 12.4 Å². The summed E-state index contributed by atoms with van der Waals surface area (Å²) in [6.45, 7) is 6.05. The lowest BCUT2D eigenvalue weighted by Gasteiger charge is -2.30. The fourth-order valence-corrected chi connectivity index (χ4v) is 2.93. The van der Waals surface area contributed by atoms with Crippen molar-refractivity contribution in [3.8, 4) is 0 Å².